The number of carbonyl (C=O) groups excluding carboxylic acids is 1. The number of rotatable bonds is 7. The number of methoxy groups -OCH3 is 1. The predicted octanol–water partition coefficient (Wildman–Crippen LogP) is 4.05. The van der Waals surface area contributed by atoms with Crippen molar-refractivity contribution in [2.45, 2.75) is 19.9 Å². The van der Waals surface area contributed by atoms with E-state index in [1.54, 1.807) is 31.4 Å². The average molecular weight is 403 g/mol. The summed E-state index contributed by atoms with van der Waals surface area (Å²) >= 11 is 3.43. The highest BCUT2D eigenvalue weighted by atomic mass is 79.9. The zero-order valence-corrected chi connectivity index (χ0v) is 15.7. The maximum atomic E-state index is 12.4. The maximum absolute atomic E-state index is 12.4. The quantitative estimate of drug-likeness (QED) is 0.757. The smallest absolute Gasteiger partial charge is 0.251 e. The van der Waals surface area contributed by atoms with E-state index in [1.165, 1.54) is 0 Å². The lowest BCUT2D eigenvalue weighted by Gasteiger charge is -2.14. The molecule has 5 nitrogen and oxygen atoms in total. The van der Waals surface area contributed by atoms with E-state index < -0.39 is 0 Å². The number of nitrogens with zero attached hydrogens (tertiary/aromatic N) is 1. The molecule has 0 atom stereocenters. The number of benzene rings is 2. The zero-order valence-electron chi connectivity index (χ0n) is 14.1. The van der Waals surface area contributed by atoms with E-state index in [1.807, 2.05) is 19.1 Å². The van der Waals surface area contributed by atoms with Gasteiger partial charge >= 0.3 is 0 Å². The minimum Gasteiger partial charge on any atom is -0.493 e. The molecule has 0 aliphatic heterocycles. The van der Waals surface area contributed by atoms with Gasteiger partial charge in [0.05, 0.1) is 29.8 Å². The molecule has 0 unspecified atom stereocenters. The average Bonchev–Trinajstić information content (AvgIpc) is 2.64. The van der Waals surface area contributed by atoms with Crippen LogP contribution in [0.3, 0.4) is 0 Å². The van der Waals surface area contributed by atoms with Crippen LogP contribution in [0.2, 0.25) is 0 Å². The molecule has 2 rings (SSSR count). The van der Waals surface area contributed by atoms with Gasteiger partial charge in [-0.25, -0.2) is 0 Å². The van der Waals surface area contributed by atoms with Gasteiger partial charge in [-0.05, 0) is 52.2 Å². The Kier molecular flexibility index (Phi) is 6.84. The number of nitriles is 1. The fourth-order valence-corrected chi connectivity index (χ4v) is 2.73. The molecular weight excluding hydrogens is 384 g/mol. The fraction of sp³-hybridized carbons (Fsp3) is 0.263. The Labute approximate surface area is 155 Å². The second-order valence-electron chi connectivity index (χ2n) is 5.33. The Bertz CT molecular complexity index is 782. The molecule has 0 spiro atoms. The molecule has 6 heteroatoms. The summed E-state index contributed by atoms with van der Waals surface area (Å²) in [7, 11) is 1.54. The van der Waals surface area contributed by atoms with Crippen molar-refractivity contribution in [3.63, 3.8) is 0 Å². The Morgan fingerprint density at radius 1 is 1.28 bits per heavy atom. The van der Waals surface area contributed by atoms with Crippen LogP contribution in [0.15, 0.2) is 40.9 Å². The summed E-state index contributed by atoms with van der Waals surface area (Å²) in [6.45, 7) is 2.96. The topological polar surface area (TPSA) is 71.3 Å². The van der Waals surface area contributed by atoms with E-state index in [4.69, 9.17) is 14.7 Å². The number of ether oxygens (including phenoxy) is 2. The van der Waals surface area contributed by atoms with Gasteiger partial charge in [0.2, 0.25) is 0 Å². The van der Waals surface area contributed by atoms with Gasteiger partial charge in [-0.2, -0.15) is 5.26 Å². The number of hydrogen-bond donors (Lipinski definition) is 1. The van der Waals surface area contributed by atoms with Crippen LogP contribution >= 0.6 is 15.9 Å². The molecule has 130 valence electrons. The number of hydrogen-bond acceptors (Lipinski definition) is 4. The van der Waals surface area contributed by atoms with Crippen LogP contribution in [-0.2, 0) is 6.54 Å². The van der Waals surface area contributed by atoms with Crippen LogP contribution < -0.4 is 14.8 Å². The van der Waals surface area contributed by atoms with Crippen molar-refractivity contribution in [2.24, 2.45) is 0 Å². The first-order chi connectivity index (χ1) is 12.1. The van der Waals surface area contributed by atoms with Crippen molar-refractivity contribution in [2.75, 3.05) is 13.7 Å². The number of halogens is 1. The van der Waals surface area contributed by atoms with Crippen molar-refractivity contribution < 1.29 is 14.3 Å². The highest BCUT2D eigenvalue weighted by Gasteiger charge is 2.15. The Morgan fingerprint density at radius 2 is 2.00 bits per heavy atom. The number of amides is 1. The van der Waals surface area contributed by atoms with E-state index in [0.717, 1.165) is 12.0 Å². The first-order valence-electron chi connectivity index (χ1n) is 7.86. The highest BCUT2D eigenvalue weighted by molar-refractivity contribution is 9.10. The third-order valence-electron chi connectivity index (χ3n) is 3.48. The monoisotopic (exact) mass is 402 g/mol. The first-order valence-corrected chi connectivity index (χ1v) is 8.66. The molecule has 0 aliphatic rings. The molecule has 0 fully saturated rings. The van der Waals surface area contributed by atoms with E-state index in [2.05, 4.69) is 27.3 Å². The second-order valence-corrected chi connectivity index (χ2v) is 6.18. The molecule has 0 aliphatic carbocycles. The van der Waals surface area contributed by atoms with Gasteiger partial charge < -0.3 is 14.8 Å². The zero-order chi connectivity index (χ0) is 18.2. The van der Waals surface area contributed by atoms with Gasteiger partial charge in [-0.1, -0.05) is 19.1 Å². The molecule has 0 bridgehead atoms. The largest absolute Gasteiger partial charge is 0.493 e. The molecule has 1 amide bonds. The second kappa shape index (κ2) is 9.09. The van der Waals surface area contributed by atoms with Crippen molar-refractivity contribution in [1.82, 2.24) is 5.32 Å². The lowest BCUT2D eigenvalue weighted by molar-refractivity contribution is 0.0950. The van der Waals surface area contributed by atoms with Crippen molar-refractivity contribution in [1.29, 1.82) is 5.26 Å². The summed E-state index contributed by atoms with van der Waals surface area (Å²) in [5.41, 5.74) is 1.98. The van der Waals surface area contributed by atoms with E-state index in [-0.39, 0.29) is 5.91 Å². The van der Waals surface area contributed by atoms with E-state index in [9.17, 15) is 4.79 Å². The molecule has 0 aromatic heterocycles. The molecule has 25 heavy (non-hydrogen) atoms. The van der Waals surface area contributed by atoms with Gasteiger partial charge in [-0.3, -0.25) is 4.79 Å². The molecule has 0 heterocycles. The summed E-state index contributed by atoms with van der Waals surface area (Å²) < 4.78 is 11.7. The van der Waals surface area contributed by atoms with Crippen LogP contribution in [0.1, 0.15) is 34.8 Å². The van der Waals surface area contributed by atoms with Crippen molar-refractivity contribution in [3.05, 3.63) is 57.6 Å². The molecule has 2 aromatic rings. The van der Waals surface area contributed by atoms with Crippen LogP contribution in [0.25, 0.3) is 0 Å². The van der Waals surface area contributed by atoms with Crippen LogP contribution in [0.5, 0.6) is 11.5 Å². The SMILES string of the molecule is CCCOc1c(Br)cc(C(=O)NCc2ccc(C#N)cc2)cc1OC. The number of nitrogens with one attached hydrogen (secondary N) is 1. The Hall–Kier alpha value is -2.52. The van der Waals surface area contributed by atoms with E-state index in [0.29, 0.717) is 40.3 Å². The normalized spacial score (nSPS) is 10.0. The summed E-state index contributed by atoms with van der Waals surface area (Å²) in [5.74, 6) is 0.879. The highest BCUT2D eigenvalue weighted by Crippen LogP contribution is 2.36. The van der Waals surface area contributed by atoms with Gasteiger partial charge in [0, 0.05) is 12.1 Å². The van der Waals surface area contributed by atoms with Crippen molar-refractivity contribution in [3.8, 4) is 17.6 Å². The molecule has 1 N–H and O–H groups in total. The first kappa shape index (κ1) is 18.8. The molecular formula is C19H19BrN2O3. The minimum atomic E-state index is -0.217. The van der Waals surface area contributed by atoms with Gasteiger partial charge in [-0.15, -0.1) is 0 Å². The molecule has 2 aromatic carbocycles. The van der Waals surface area contributed by atoms with Crippen LogP contribution in [-0.4, -0.2) is 19.6 Å². The van der Waals surface area contributed by atoms with Crippen LogP contribution in [0, 0.1) is 11.3 Å². The van der Waals surface area contributed by atoms with E-state index >= 15 is 0 Å². The van der Waals surface area contributed by atoms with Crippen LogP contribution in [0.4, 0.5) is 0 Å². The summed E-state index contributed by atoms with van der Waals surface area (Å²) in [6, 6.07) is 12.5. The number of carbonyl (C=O) groups is 1. The van der Waals surface area contributed by atoms with Gasteiger partial charge in [0.25, 0.3) is 5.91 Å². The van der Waals surface area contributed by atoms with Gasteiger partial charge in [0.1, 0.15) is 0 Å². The molecule has 0 saturated carbocycles. The molecule has 0 saturated heterocycles. The third-order valence-corrected chi connectivity index (χ3v) is 4.07. The fourth-order valence-electron chi connectivity index (χ4n) is 2.18. The van der Waals surface area contributed by atoms with Crippen molar-refractivity contribution >= 4 is 21.8 Å². The lowest BCUT2D eigenvalue weighted by Crippen LogP contribution is -2.22. The third kappa shape index (κ3) is 4.97. The Balaban J connectivity index is 2.10. The standard InChI is InChI=1S/C19H19BrN2O3/c1-3-8-25-18-16(20)9-15(10-17(18)24-2)19(23)22-12-14-6-4-13(11-21)5-7-14/h4-7,9-10H,3,8,12H2,1-2H3,(H,22,23). The summed E-state index contributed by atoms with van der Waals surface area (Å²) in [6.07, 6.45) is 0.877. The summed E-state index contributed by atoms with van der Waals surface area (Å²) in [5, 5.41) is 11.7. The summed E-state index contributed by atoms with van der Waals surface area (Å²) in [4.78, 5) is 12.4. The maximum Gasteiger partial charge on any atom is 0.251 e. The Morgan fingerprint density at radius 3 is 2.60 bits per heavy atom. The predicted molar refractivity (Wildman–Crippen MR) is 98.8 cm³/mol. The molecule has 0 radical (unpaired) electrons. The lowest BCUT2D eigenvalue weighted by atomic mass is 10.1. The minimum absolute atomic E-state index is 0.217. The van der Waals surface area contributed by atoms with Gasteiger partial charge in [0.15, 0.2) is 11.5 Å².